The van der Waals surface area contributed by atoms with E-state index in [1.54, 1.807) is 18.2 Å². The van der Waals surface area contributed by atoms with Crippen LogP contribution in [0.4, 0.5) is 10.1 Å². The first kappa shape index (κ1) is 21.2. The van der Waals surface area contributed by atoms with Crippen LogP contribution in [0.5, 0.6) is 0 Å². The van der Waals surface area contributed by atoms with Gasteiger partial charge in [0.25, 0.3) is 5.91 Å². The molecular formula is C27H26FN3O2. The number of anilines is 1. The zero-order valence-corrected chi connectivity index (χ0v) is 18.8. The van der Waals surface area contributed by atoms with Crippen LogP contribution in [0, 0.1) is 19.7 Å². The molecule has 1 N–H and O–H groups in total. The minimum Gasteiger partial charge on any atom is -0.449 e. The van der Waals surface area contributed by atoms with Gasteiger partial charge in [0.05, 0.1) is 12.0 Å². The van der Waals surface area contributed by atoms with Crippen molar-refractivity contribution in [1.82, 2.24) is 9.55 Å². The number of hydrogen-bond acceptors (Lipinski definition) is 3. The molecule has 1 fully saturated rings. The Kier molecular flexibility index (Phi) is 5.58. The predicted molar refractivity (Wildman–Crippen MR) is 127 cm³/mol. The Balaban J connectivity index is 1.50. The second-order valence-electron chi connectivity index (χ2n) is 8.73. The highest BCUT2D eigenvalue weighted by atomic mass is 19.1. The Morgan fingerprint density at radius 2 is 1.82 bits per heavy atom. The summed E-state index contributed by atoms with van der Waals surface area (Å²) in [4.78, 5) is 17.6. The first-order chi connectivity index (χ1) is 16.0. The highest BCUT2D eigenvalue weighted by molar-refractivity contribution is 6.03. The molecule has 1 amide bonds. The van der Waals surface area contributed by atoms with Crippen molar-refractivity contribution in [1.29, 1.82) is 0 Å². The van der Waals surface area contributed by atoms with Gasteiger partial charge in [-0.15, -0.1) is 0 Å². The lowest BCUT2D eigenvalue weighted by Gasteiger charge is -2.15. The summed E-state index contributed by atoms with van der Waals surface area (Å²) >= 11 is 0. The number of carbonyl (C=O) groups excluding carboxylic acids is 1. The van der Waals surface area contributed by atoms with Crippen molar-refractivity contribution in [2.24, 2.45) is 0 Å². The summed E-state index contributed by atoms with van der Waals surface area (Å²) in [7, 11) is 0. The first-order valence-corrected chi connectivity index (χ1v) is 11.3. The van der Waals surface area contributed by atoms with Crippen LogP contribution < -0.4 is 5.32 Å². The fourth-order valence-electron chi connectivity index (χ4n) is 4.61. The van der Waals surface area contributed by atoms with Gasteiger partial charge in [0.1, 0.15) is 11.5 Å². The Morgan fingerprint density at radius 1 is 1.06 bits per heavy atom. The van der Waals surface area contributed by atoms with E-state index in [1.165, 1.54) is 25.0 Å². The number of benzene rings is 2. The van der Waals surface area contributed by atoms with E-state index in [1.807, 2.05) is 44.4 Å². The zero-order chi connectivity index (χ0) is 22.9. The van der Waals surface area contributed by atoms with Crippen molar-refractivity contribution >= 4 is 11.6 Å². The normalized spacial score (nSPS) is 14.0. The molecule has 0 unspecified atom stereocenters. The van der Waals surface area contributed by atoms with Crippen LogP contribution in [0.3, 0.4) is 0 Å². The molecule has 0 radical (unpaired) electrons. The maximum Gasteiger partial charge on any atom is 0.291 e. The molecule has 1 saturated carbocycles. The van der Waals surface area contributed by atoms with Crippen LogP contribution in [-0.2, 0) is 0 Å². The van der Waals surface area contributed by atoms with Crippen molar-refractivity contribution in [3.05, 3.63) is 83.6 Å². The molecule has 0 aliphatic heterocycles. The molecule has 0 bridgehead atoms. The molecule has 33 heavy (non-hydrogen) atoms. The van der Waals surface area contributed by atoms with E-state index >= 15 is 0 Å². The molecule has 0 atom stereocenters. The predicted octanol–water partition coefficient (Wildman–Crippen LogP) is 6.93. The summed E-state index contributed by atoms with van der Waals surface area (Å²) in [5.74, 6) is 0.209. The number of furan rings is 1. The third-order valence-electron chi connectivity index (χ3n) is 6.32. The van der Waals surface area contributed by atoms with Crippen LogP contribution >= 0.6 is 0 Å². The smallest absolute Gasteiger partial charge is 0.291 e. The van der Waals surface area contributed by atoms with Crippen LogP contribution in [0.15, 0.2) is 65.3 Å². The molecule has 6 heteroatoms. The van der Waals surface area contributed by atoms with Gasteiger partial charge >= 0.3 is 0 Å². The molecule has 2 aromatic heterocycles. The summed E-state index contributed by atoms with van der Waals surface area (Å²) < 4.78 is 21.7. The highest BCUT2D eigenvalue weighted by Gasteiger charge is 2.26. The van der Waals surface area contributed by atoms with E-state index in [0.29, 0.717) is 11.8 Å². The highest BCUT2D eigenvalue weighted by Crippen LogP contribution is 2.39. The van der Waals surface area contributed by atoms with E-state index in [-0.39, 0.29) is 17.5 Å². The van der Waals surface area contributed by atoms with E-state index in [4.69, 9.17) is 4.42 Å². The minimum absolute atomic E-state index is 0.231. The fourth-order valence-corrected chi connectivity index (χ4v) is 4.61. The van der Waals surface area contributed by atoms with Gasteiger partial charge in [0.15, 0.2) is 11.5 Å². The van der Waals surface area contributed by atoms with Gasteiger partial charge in [0, 0.05) is 17.3 Å². The Bertz CT molecular complexity index is 1300. The molecule has 0 saturated heterocycles. The molecule has 1 aliphatic carbocycles. The van der Waals surface area contributed by atoms with E-state index in [0.717, 1.165) is 46.6 Å². The van der Waals surface area contributed by atoms with Gasteiger partial charge in [-0.25, -0.2) is 9.37 Å². The summed E-state index contributed by atoms with van der Waals surface area (Å²) in [6, 6.07) is 16.0. The van der Waals surface area contributed by atoms with Crippen LogP contribution in [0.1, 0.15) is 53.4 Å². The van der Waals surface area contributed by atoms with Crippen molar-refractivity contribution in [3.63, 3.8) is 0 Å². The number of nitrogens with one attached hydrogen (secondary N) is 1. The topological polar surface area (TPSA) is 60.1 Å². The molecule has 0 spiro atoms. The molecule has 168 valence electrons. The SMILES string of the molecule is Cc1ccc(NC(=O)c2ccc(-c3c(-c4ccc(F)cc4)ncn3C3CCCC3)o2)c(C)c1. The maximum atomic E-state index is 13.5. The van der Waals surface area contributed by atoms with E-state index in [2.05, 4.69) is 14.9 Å². The van der Waals surface area contributed by atoms with Crippen molar-refractivity contribution in [2.75, 3.05) is 5.32 Å². The number of hydrogen-bond donors (Lipinski definition) is 1. The third kappa shape index (κ3) is 4.21. The van der Waals surface area contributed by atoms with Gasteiger partial charge in [-0.3, -0.25) is 4.79 Å². The molecule has 2 heterocycles. The van der Waals surface area contributed by atoms with Gasteiger partial charge in [-0.2, -0.15) is 0 Å². The molecule has 2 aromatic carbocycles. The third-order valence-corrected chi connectivity index (χ3v) is 6.32. The Hall–Kier alpha value is -3.67. The van der Waals surface area contributed by atoms with E-state index < -0.39 is 0 Å². The zero-order valence-electron chi connectivity index (χ0n) is 18.8. The number of rotatable bonds is 5. The number of halogens is 1. The summed E-state index contributed by atoms with van der Waals surface area (Å²) in [5.41, 5.74) is 5.23. The number of amides is 1. The fraction of sp³-hybridized carbons (Fsp3) is 0.259. The second-order valence-corrected chi connectivity index (χ2v) is 8.73. The summed E-state index contributed by atoms with van der Waals surface area (Å²) in [6.07, 6.45) is 6.34. The molecular weight excluding hydrogens is 417 g/mol. The van der Waals surface area contributed by atoms with Crippen molar-refractivity contribution in [2.45, 2.75) is 45.6 Å². The lowest BCUT2D eigenvalue weighted by atomic mass is 10.1. The number of aryl methyl sites for hydroxylation is 2. The average Bonchev–Trinajstić information content (AvgIpc) is 3.56. The molecule has 1 aliphatic rings. The lowest BCUT2D eigenvalue weighted by Crippen LogP contribution is -2.11. The molecule has 5 nitrogen and oxygen atoms in total. The van der Waals surface area contributed by atoms with E-state index in [9.17, 15) is 9.18 Å². The molecule has 5 rings (SSSR count). The van der Waals surface area contributed by atoms with Gasteiger partial charge < -0.3 is 14.3 Å². The Labute approximate surface area is 192 Å². The lowest BCUT2D eigenvalue weighted by molar-refractivity contribution is 0.0997. The van der Waals surface area contributed by atoms with Crippen LogP contribution in [0.2, 0.25) is 0 Å². The average molecular weight is 444 g/mol. The van der Waals surface area contributed by atoms with Gasteiger partial charge in [0.2, 0.25) is 0 Å². The number of nitrogens with zero attached hydrogens (tertiary/aromatic N) is 2. The quantitative estimate of drug-likeness (QED) is 0.364. The summed E-state index contributed by atoms with van der Waals surface area (Å²) in [5, 5.41) is 2.94. The number of imidazole rings is 1. The maximum absolute atomic E-state index is 13.5. The summed E-state index contributed by atoms with van der Waals surface area (Å²) in [6.45, 7) is 3.98. The Morgan fingerprint density at radius 3 is 2.55 bits per heavy atom. The monoisotopic (exact) mass is 443 g/mol. The minimum atomic E-state index is -0.302. The second kappa shape index (κ2) is 8.70. The standard InChI is InChI=1S/C27H26FN3O2/c1-17-7-12-22(18(2)15-17)30-27(32)24-14-13-23(33-24)26-25(19-8-10-20(28)11-9-19)29-16-31(26)21-5-3-4-6-21/h7-16,21H,3-6H2,1-2H3,(H,30,32). The molecule has 4 aromatic rings. The van der Waals surface area contributed by atoms with Gasteiger partial charge in [-0.05, 0) is 74.7 Å². The van der Waals surface area contributed by atoms with Gasteiger partial charge in [-0.1, -0.05) is 30.5 Å². The van der Waals surface area contributed by atoms with Crippen LogP contribution in [-0.4, -0.2) is 15.5 Å². The number of aromatic nitrogens is 2. The largest absolute Gasteiger partial charge is 0.449 e. The van der Waals surface area contributed by atoms with Crippen molar-refractivity contribution in [3.8, 4) is 22.7 Å². The first-order valence-electron chi connectivity index (χ1n) is 11.3. The van der Waals surface area contributed by atoms with Crippen molar-refractivity contribution < 1.29 is 13.6 Å². The van der Waals surface area contributed by atoms with Crippen LogP contribution in [0.25, 0.3) is 22.7 Å². The number of carbonyl (C=O) groups is 1.